The molecule has 0 fully saturated rings. The van der Waals surface area contributed by atoms with Crippen LogP contribution in [-0.2, 0) is 11.0 Å². The van der Waals surface area contributed by atoms with Gasteiger partial charge in [0.15, 0.2) is 17.3 Å². The minimum absolute atomic E-state index is 0.0683. The van der Waals surface area contributed by atoms with Crippen molar-refractivity contribution in [3.05, 3.63) is 65.2 Å². The molecular weight excluding hydrogens is 345 g/mol. The van der Waals surface area contributed by atoms with Crippen LogP contribution in [-0.4, -0.2) is 12.6 Å². The van der Waals surface area contributed by atoms with Crippen molar-refractivity contribution in [3.8, 4) is 11.5 Å². The highest BCUT2D eigenvalue weighted by Crippen LogP contribution is 2.43. The van der Waals surface area contributed by atoms with Crippen molar-refractivity contribution in [1.82, 2.24) is 0 Å². The highest BCUT2D eigenvalue weighted by molar-refractivity contribution is 5.99. The number of ether oxygens (including phenoxy) is 2. The zero-order valence-corrected chi connectivity index (χ0v) is 13.7. The SMILES string of the molecule is O=C1C=C(c2ccccc2C(F)(F)F)C[C@@H](c2ccc3c(c2)OCO3)C1. The normalized spacial score (nSPS) is 19.4. The summed E-state index contributed by atoms with van der Waals surface area (Å²) in [5.41, 5.74) is 0.624. The second-order valence-corrected chi connectivity index (χ2v) is 6.40. The van der Waals surface area contributed by atoms with Crippen molar-refractivity contribution >= 4 is 11.4 Å². The van der Waals surface area contributed by atoms with Gasteiger partial charge in [-0.25, -0.2) is 0 Å². The fourth-order valence-electron chi connectivity index (χ4n) is 3.49. The molecule has 0 saturated carbocycles. The average molecular weight is 360 g/mol. The van der Waals surface area contributed by atoms with Gasteiger partial charge >= 0.3 is 6.18 Å². The van der Waals surface area contributed by atoms with E-state index in [9.17, 15) is 18.0 Å². The molecule has 1 aliphatic carbocycles. The van der Waals surface area contributed by atoms with Crippen LogP contribution in [0, 0.1) is 0 Å². The minimum Gasteiger partial charge on any atom is -0.454 e. The molecule has 2 aromatic carbocycles. The maximum Gasteiger partial charge on any atom is 0.416 e. The van der Waals surface area contributed by atoms with Crippen LogP contribution in [0.5, 0.6) is 11.5 Å². The summed E-state index contributed by atoms with van der Waals surface area (Å²) in [5, 5.41) is 0. The molecular formula is C20H15F3O3. The molecule has 1 aliphatic heterocycles. The standard InChI is InChI=1S/C20H15F3O3/c21-20(22,23)17-4-2-1-3-16(17)14-7-13(8-15(24)9-14)12-5-6-18-19(10-12)26-11-25-18/h1-6,9-10,13H,7-8,11H2/t13-/m1/s1. The molecule has 0 saturated heterocycles. The molecule has 0 N–H and O–H groups in total. The number of carbonyl (C=O) groups is 1. The highest BCUT2D eigenvalue weighted by atomic mass is 19.4. The Kier molecular flexibility index (Phi) is 3.98. The molecule has 4 rings (SSSR count). The predicted molar refractivity (Wildman–Crippen MR) is 89.0 cm³/mol. The number of hydrogen-bond acceptors (Lipinski definition) is 3. The fourth-order valence-corrected chi connectivity index (χ4v) is 3.49. The Balaban J connectivity index is 1.69. The molecule has 0 bridgehead atoms. The lowest BCUT2D eigenvalue weighted by molar-refractivity contribution is -0.137. The first-order valence-electron chi connectivity index (χ1n) is 8.21. The molecule has 0 aromatic heterocycles. The van der Waals surface area contributed by atoms with E-state index in [0.717, 1.165) is 11.6 Å². The lowest BCUT2D eigenvalue weighted by atomic mass is 9.80. The highest BCUT2D eigenvalue weighted by Gasteiger charge is 2.35. The Bertz CT molecular complexity index is 899. The van der Waals surface area contributed by atoms with E-state index in [0.29, 0.717) is 23.5 Å². The summed E-state index contributed by atoms with van der Waals surface area (Å²) in [6.45, 7) is 0.145. The Hall–Kier alpha value is -2.76. The van der Waals surface area contributed by atoms with E-state index in [1.807, 2.05) is 6.07 Å². The van der Waals surface area contributed by atoms with Gasteiger partial charge in [-0.15, -0.1) is 0 Å². The van der Waals surface area contributed by atoms with Crippen molar-refractivity contribution in [2.75, 3.05) is 6.79 Å². The van der Waals surface area contributed by atoms with Crippen LogP contribution in [0.15, 0.2) is 48.5 Å². The molecule has 6 heteroatoms. The molecule has 1 atom stereocenters. The van der Waals surface area contributed by atoms with Gasteiger partial charge in [0.1, 0.15) is 0 Å². The van der Waals surface area contributed by atoms with Crippen LogP contribution in [0.1, 0.15) is 35.4 Å². The third-order valence-corrected chi connectivity index (χ3v) is 4.70. The maximum atomic E-state index is 13.3. The minimum atomic E-state index is -4.47. The summed E-state index contributed by atoms with van der Waals surface area (Å²) in [7, 11) is 0. The van der Waals surface area contributed by atoms with Crippen LogP contribution in [0.2, 0.25) is 0 Å². The van der Waals surface area contributed by atoms with Gasteiger partial charge in [0.25, 0.3) is 0 Å². The molecule has 134 valence electrons. The van der Waals surface area contributed by atoms with E-state index < -0.39 is 11.7 Å². The molecule has 26 heavy (non-hydrogen) atoms. The zero-order chi connectivity index (χ0) is 18.3. The third-order valence-electron chi connectivity index (χ3n) is 4.70. The Morgan fingerprint density at radius 2 is 1.73 bits per heavy atom. The largest absolute Gasteiger partial charge is 0.454 e. The number of halogens is 3. The first kappa shape index (κ1) is 16.7. The van der Waals surface area contributed by atoms with Crippen LogP contribution in [0.25, 0.3) is 5.57 Å². The quantitative estimate of drug-likeness (QED) is 0.759. The molecule has 0 unspecified atom stereocenters. The number of rotatable bonds is 2. The summed E-state index contributed by atoms with van der Waals surface area (Å²) < 4.78 is 50.6. The Morgan fingerprint density at radius 3 is 2.54 bits per heavy atom. The van der Waals surface area contributed by atoms with E-state index >= 15 is 0 Å². The third kappa shape index (κ3) is 3.07. The number of benzene rings is 2. The molecule has 0 amide bonds. The van der Waals surface area contributed by atoms with Crippen molar-refractivity contribution in [2.24, 2.45) is 0 Å². The van der Waals surface area contributed by atoms with E-state index in [2.05, 4.69) is 0 Å². The lowest BCUT2D eigenvalue weighted by Crippen LogP contribution is -2.15. The van der Waals surface area contributed by atoms with Gasteiger partial charge < -0.3 is 9.47 Å². The second-order valence-electron chi connectivity index (χ2n) is 6.40. The fraction of sp³-hybridized carbons (Fsp3) is 0.250. The van der Waals surface area contributed by atoms with Gasteiger partial charge in [-0.05, 0) is 53.3 Å². The van der Waals surface area contributed by atoms with Crippen LogP contribution < -0.4 is 9.47 Å². The van der Waals surface area contributed by atoms with E-state index in [4.69, 9.17) is 9.47 Å². The number of carbonyl (C=O) groups excluding carboxylic acids is 1. The van der Waals surface area contributed by atoms with E-state index in [1.54, 1.807) is 18.2 Å². The summed E-state index contributed by atoms with van der Waals surface area (Å²) in [4.78, 5) is 12.2. The monoisotopic (exact) mass is 360 g/mol. The van der Waals surface area contributed by atoms with Crippen LogP contribution >= 0.6 is 0 Å². The molecule has 1 heterocycles. The van der Waals surface area contributed by atoms with Gasteiger partial charge in [-0.3, -0.25) is 4.79 Å². The zero-order valence-electron chi connectivity index (χ0n) is 13.7. The number of hydrogen-bond donors (Lipinski definition) is 0. The Labute approximate surface area is 148 Å². The van der Waals surface area contributed by atoms with Gasteiger partial charge in [0, 0.05) is 6.42 Å². The van der Waals surface area contributed by atoms with Crippen molar-refractivity contribution < 1.29 is 27.4 Å². The van der Waals surface area contributed by atoms with Gasteiger partial charge in [0.2, 0.25) is 6.79 Å². The first-order valence-corrected chi connectivity index (χ1v) is 8.21. The van der Waals surface area contributed by atoms with Crippen LogP contribution in [0.4, 0.5) is 13.2 Å². The predicted octanol–water partition coefficient (Wildman–Crippen LogP) is 4.96. The maximum absolute atomic E-state index is 13.3. The molecule has 2 aromatic rings. The number of fused-ring (bicyclic) bond motifs is 1. The van der Waals surface area contributed by atoms with Crippen molar-refractivity contribution in [2.45, 2.75) is 24.9 Å². The summed E-state index contributed by atoms with van der Waals surface area (Å²) >= 11 is 0. The van der Waals surface area contributed by atoms with Gasteiger partial charge in [0.05, 0.1) is 5.56 Å². The molecule has 0 radical (unpaired) electrons. The summed E-state index contributed by atoms with van der Waals surface area (Å²) in [6, 6.07) is 10.8. The first-order chi connectivity index (χ1) is 12.4. The lowest BCUT2D eigenvalue weighted by Gasteiger charge is -2.24. The molecule has 0 spiro atoms. The molecule has 3 nitrogen and oxygen atoms in total. The summed E-state index contributed by atoms with van der Waals surface area (Å²) in [5.74, 6) is 0.861. The van der Waals surface area contributed by atoms with Gasteiger partial charge in [-0.2, -0.15) is 13.2 Å². The number of alkyl halides is 3. The van der Waals surface area contributed by atoms with Crippen LogP contribution in [0.3, 0.4) is 0 Å². The van der Waals surface area contributed by atoms with E-state index in [-0.39, 0.29) is 30.5 Å². The molecule has 2 aliphatic rings. The van der Waals surface area contributed by atoms with Crippen molar-refractivity contribution in [3.63, 3.8) is 0 Å². The van der Waals surface area contributed by atoms with Gasteiger partial charge in [-0.1, -0.05) is 24.3 Å². The second kappa shape index (κ2) is 6.20. The summed E-state index contributed by atoms with van der Waals surface area (Å²) in [6.07, 6.45) is -2.50. The smallest absolute Gasteiger partial charge is 0.416 e. The number of ketones is 1. The van der Waals surface area contributed by atoms with Crippen molar-refractivity contribution in [1.29, 1.82) is 0 Å². The average Bonchev–Trinajstić information content (AvgIpc) is 3.08. The Morgan fingerprint density at radius 1 is 0.962 bits per heavy atom. The topological polar surface area (TPSA) is 35.5 Å². The van der Waals surface area contributed by atoms with E-state index in [1.165, 1.54) is 18.2 Å². The number of allylic oxidation sites excluding steroid dienone is 2.